The van der Waals surface area contributed by atoms with Crippen molar-refractivity contribution in [3.05, 3.63) is 53.1 Å². The van der Waals surface area contributed by atoms with Gasteiger partial charge in [0.25, 0.3) is 5.56 Å². The van der Waals surface area contributed by atoms with E-state index in [1.807, 2.05) is 62.1 Å². The van der Waals surface area contributed by atoms with Crippen LogP contribution in [0, 0.1) is 0 Å². The molecule has 0 aliphatic carbocycles. The number of amides is 1. The van der Waals surface area contributed by atoms with Gasteiger partial charge in [-0.15, -0.1) is 0 Å². The van der Waals surface area contributed by atoms with Crippen molar-refractivity contribution in [3.63, 3.8) is 0 Å². The molecule has 2 N–H and O–H groups in total. The molecule has 1 aliphatic rings. The molecule has 0 radical (unpaired) electrons. The van der Waals surface area contributed by atoms with Gasteiger partial charge in [-0.1, -0.05) is 6.08 Å². The zero-order valence-electron chi connectivity index (χ0n) is 18.8. The van der Waals surface area contributed by atoms with Crippen molar-refractivity contribution in [2.75, 3.05) is 57.5 Å². The van der Waals surface area contributed by atoms with E-state index in [4.69, 9.17) is 0 Å². The molecule has 31 heavy (non-hydrogen) atoms. The van der Waals surface area contributed by atoms with Gasteiger partial charge < -0.3 is 25.0 Å². The van der Waals surface area contributed by atoms with Crippen molar-refractivity contribution >= 4 is 17.4 Å². The van der Waals surface area contributed by atoms with Gasteiger partial charge in [0.1, 0.15) is 11.5 Å². The average molecular weight is 425 g/mol. The minimum Gasteiger partial charge on any atom is -0.373 e. The van der Waals surface area contributed by atoms with Gasteiger partial charge in [-0.2, -0.15) is 0 Å². The van der Waals surface area contributed by atoms with Crippen LogP contribution in [0.25, 0.3) is 11.1 Å². The number of nitrogens with zero attached hydrogens (tertiary/aromatic N) is 4. The van der Waals surface area contributed by atoms with Gasteiger partial charge in [0.15, 0.2) is 0 Å². The summed E-state index contributed by atoms with van der Waals surface area (Å²) in [6, 6.07) is 5.91. The fourth-order valence-corrected chi connectivity index (χ4v) is 3.89. The monoisotopic (exact) mass is 424 g/mol. The Morgan fingerprint density at radius 1 is 1.35 bits per heavy atom. The van der Waals surface area contributed by atoms with E-state index in [9.17, 15) is 9.59 Å². The fourth-order valence-electron chi connectivity index (χ4n) is 3.89. The number of H-pyrrole nitrogens is 1. The lowest BCUT2D eigenvalue weighted by atomic mass is 10.1. The first kappa shape index (κ1) is 22.6. The first-order valence-electron chi connectivity index (χ1n) is 10.7. The number of aromatic nitrogens is 2. The zero-order chi connectivity index (χ0) is 22.4. The average Bonchev–Trinajstić information content (AvgIpc) is 3.25. The number of likely N-dealkylation sites (N-methyl/N-ethyl adjacent to an activating group) is 2. The number of likely N-dealkylation sites (tertiary alicyclic amines) is 1. The number of pyridine rings is 2. The largest absolute Gasteiger partial charge is 0.373 e. The van der Waals surface area contributed by atoms with E-state index in [0.29, 0.717) is 25.3 Å². The smallest absolute Gasteiger partial charge is 0.271 e. The Morgan fingerprint density at radius 3 is 2.87 bits per heavy atom. The summed E-state index contributed by atoms with van der Waals surface area (Å²) in [5.74, 6) is 0.796. The molecular formula is C23H32N6O2. The van der Waals surface area contributed by atoms with Crippen LogP contribution < -0.4 is 15.8 Å². The summed E-state index contributed by atoms with van der Waals surface area (Å²) in [6.07, 6.45) is 7.84. The third-order valence-corrected chi connectivity index (χ3v) is 5.53. The minimum absolute atomic E-state index is 0.0273. The summed E-state index contributed by atoms with van der Waals surface area (Å²) in [4.78, 5) is 38.3. The second-order valence-electron chi connectivity index (χ2n) is 7.96. The van der Waals surface area contributed by atoms with Gasteiger partial charge in [-0.25, -0.2) is 4.98 Å². The Labute approximate surface area is 183 Å². The van der Waals surface area contributed by atoms with Crippen LogP contribution in [0.5, 0.6) is 0 Å². The first-order chi connectivity index (χ1) is 14.9. The van der Waals surface area contributed by atoms with E-state index >= 15 is 0 Å². The van der Waals surface area contributed by atoms with Gasteiger partial charge in [0, 0.05) is 63.3 Å². The summed E-state index contributed by atoms with van der Waals surface area (Å²) in [5.41, 5.74) is 2.40. The van der Waals surface area contributed by atoms with Crippen LogP contribution in [0.1, 0.15) is 13.3 Å². The highest BCUT2D eigenvalue weighted by Gasteiger charge is 2.30. The topological polar surface area (TPSA) is 84.6 Å². The quantitative estimate of drug-likeness (QED) is 0.631. The van der Waals surface area contributed by atoms with Crippen LogP contribution in [-0.4, -0.2) is 79.0 Å². The normalized spacial score (nSPS) is 16.3. The maximum Gasteiger partial charge on any atom is 0.271 e. The maximum absolute atomic E-state index is 12.7. The lowest BCUT2D eigenvalue weighted by Crippen LogP contribution is -2.41. The standard InChI is InChI=1S/C23H32N6O2/c1-5-29(19-9-12-28(16-19)22(30)7-6-11-27(3)4)20-13-18(15-26-23(20)31)17-8-10-25-21(14-17)24-2/h6-8,10,13-15,19H,5,9,11-12,16H2,1-4H3,(H,24,25)(H,26,31)/b7-6+/t19-/m0/s1. The predicted molar refractivity (Wildman–Crippen MR) is 126 cm³/mol. The molecule has 0 unspecified atom stereocenters. The van der Waals surface area contributed by atoms with E-state index in [0.717, 1.165) is 29.9 Å². The van der Waals surface area contributed by atoms with Gasteiger partial charge in [0.05, 0.1) is 0 Å². The van der Waals surface area contributed by atoms with E-state index in [1.54, 1.807) is 18.5 Å². The maximum atomic E-state index is 12.7. The van der Waals surface area contributed by atoms with Crippen molar-refractivity contribution in [1.82, 2.24) is 19.8 Å². The molecule has 0 bridgehead atoms. The molecule has 1 atom stereocenters. The van der Waals surface area contributed by atoms with Crippen LogP contribution >= 0.6 is 0 Å². The number of carbonyl (C=O) groups is 1. The van der Waals surface area contributed by atoms with Crippen molar-refractivity contribution in [1.29, 1.82) is 0 Å². The Hall–Kier alpha value is -3.13. The zero-order valence-corrected chi connectivity index (χ0v) is 18.8. The number of rotatable bonds is 8. The van der Waals surface area contributed by atoms with Crippen molar-refractivity contribution in [3.8, 4) is 11.1 Å². The Morgan fingerprint density at radius 2 is 2.16 bits per heavy atom. The second-order valence-corrected chi connectivity index (χ2v) is 7.96. The number of carbonyl (C=O) groups excluding carboxylic acids is 1. The van der Waals surface area contributed by atoms with Crippen LogP contribution in [0.3, 0.4) is 0 Å². The predicted octanol–water partition coefficient (Wildman–Crippen LogP) is 2.02. The van der Waals surface area contributed by atoms with Crippen LogP contribution in [0.4, 0.5) is 11.5 Å². The molecule has 1 saturated heterocycles. The van der Waals surface area contributed by atoms with E-state index in [-0.39, 0.29) is 17.5 Å². The number of aromatic amines is 1. The molecule has 3 heterocycles. The number of hydrogen-bond donors (Lipinski definition) is 2. The van der Waals surface area contributed by atoms with Crippen molar-refractivity contribution < 1.29 is 4.79 Å². The number of hydrogen-bond acceptors (Lipinski definition) is 6. The van der Waals surface area contributed by atoms with Gasteiger partial charge in [-0.05, 0) is 51.2 Å². The highest BCUT2D eigenvalue weighted by atomic mass is 16.2. The molecule has 2 aromatic heterocycles. The van der Waals surface area contributed by atoms with Crippen LogP contribution in [0.15, 0.2) is 47.5 Å². The summed E-state index contributed by atoms with van der Waals surface area (Å²) in [7, 11) is 5.76. The summed E-state index contributed by atoms with van der Waals surface area (Å²) in [5, 5.41) is 3.04. The van der Waals surface area contributed by atoms with Crippen LogP contribution in [0.2, 0.25) is 0 Å². The highest BCUT2D eigenvalue weighted by Crippen LogP contribution is 2.26. The molecule has 8 heteroatoms. The molecule has 0 saturated carbocycles. The van der Waals surface area contributed by atoms with Gasteiger partial charge in [0.2, 0.25) is 5.91 Å². The first-order valence-corrected chi connectivity index (χ1v) is 10.7. The molecule has 166 valence electrons. The fraction of sp³-hybridized carbons (Fsp3) is 0.435. The molecule has 0 spiro atoms. The summed E-state index contributed by atoms with van der Waals surface area (Å²) in [6.45, 7) is 4.77. The van der Waals surface area contributed by atoms with Crippen molar-refractivity contribution in [2.24, 2.45) is 0 Å². The third kappa shape index (κ3) is 5.52. The highest BCUT2D eigenvalue weighted by molar-refractivity contribution is 5.88. The van der Waals surface area contributed by atoms with Gasteiger partial charge >= 0.3 is 0 Å². The molecule has 2 aromatic rings. The van der Waals surface area contributed by atoms with E-state index < -0.39 is 0 Å². The molecule has 8 nitrogen and oxygen atoms in total. The van der Waals surface area contributed by atoms with Crippen LogP contribution in [-0.2, 0) is 4.79 Å². The SMILES string of the molecule is CCN(c1cc(-c2ccnc(NC)c2)c[nH]c1=O)[C@H]1CCN(C(=O)/C=C/CN(C)C)C1. The Kier molecular flexibility index (Phi) is 7.46. The van der Waals surface area contributed by atoms with Crippen molar-refractivity contribution in [2.45, 2.75) is 19.4 Å². The molecule has 1 amide bonds. The second kappa shape index (κ2) is 10.3. The Balaban J connectivity index is 1.79. The summed E-state index contributed by atoms with van der Waals surface area (Å²) >= 11 is 0. The van der Waals surface area contributed by atoms with E-state index in [1.165, 1.54) is 0 Å². The molecule has 0 aromatic carbocycles. The lowest BCUT2D eigenvalue weighted by Gasteiger charge is -2.29. The van der Waals surface area contributed by atoms with E-state index in [2.05, 4.69) is 20.2 Å². The number of nitrogens with one attached hydrogen (secondary N) is 2. The third-order valence-electron chi connectivity index (χ3n) is 5.53. The molecule has 1 aliphatic heterocycles. The lowest BCUT2D eigenvalue weighted by molar-refractivity contribution is -0.125. The number of anilines is 2. The molecule has 3 rings (SSSR count). The minimum atomic E-state index is -0.121. The molecule has 1 fully saturated rings. The molecular weight excluding hydrogens is 392 g/mol. The summed E-state index contributed by atoms with van der Waals surface area (Å²) < 4.78 is 0. The van der Waals surface area contributed by atoms with Gasteiger partial charge in [-0.3, -0.25) is 9.59 Å². The Bertz CT molecular complexity index is 984.